The molecule has 1 aromatic rings. The van der Waals surface area contributed by atoms with Gasteiger partial charge in [-0.05, 0) is 64.7 Å². The molecule has 9 nitrogen and oxygen atoms in total. The maximum absolute atomic E-state index is 12.8. The van der Waals surface area contributed by atoms with Crippen LogP contribution in [0.1, 0.15) is 58.9 Å². The van der Waals surface area contributed by atoms with Crippen LogP contribution < -0.4 is 25.4 Å². The van der Waals surface area contributed by atoms with Crippen LogP contribution in [0.5, 0.6) is 11.5 Å². The molecule has 32 heavy (non-hydrogen) atoms. The molecule has 4 rings (SSSR count). The molecule has 1 unspecified atom stereocenters. The Morgan fingerprint density at radius 2 is 1.81 bits per heavy atom. The monoisotopic (exact) mass is 444 g/mol. The molecule has 4 amide bonds. The summed E-state index contributed by atoms with van der Waals surface area (Å²) < 4.78 is 10.6. The van der Waals surface area contributed by atoms with Crippen molar-refractivity contribution in [1.29, 1.82) is 0 Å². The highest BCUT2D eigenvalue weighted by atomic mass is 16.7. The molecule has 2 saturated heterocycles. The lowest BCUT2D eigenvalue weighted by Gasteiger charge is -2.46. The van der Waals surface area contributed by atoms with Crippen molar-refractivity contribution >= 4 is 17.8 Å². The first-order chi connectivity index (χ1) is 15.0. The molecule has 1 aromatic carbocycles. The number of carbonyl (C=O) groups excluding carboxylic acids is 3. The second-order valence-electron chi connectivity index (χ2n) is 10.2. The summed E-state index contributed by atoms with van der Waals surface area (Å²) in [6.07, 6.45) is 2.13. The molecule has 0 saturated carbocycles. The smallest absolute Gasteiger partial charge is 0.325 e. The second kappa shape index (κ2) is 8.27. The molecule has 0 bridgehead atoms. The minimum atomic E-state index is -0.692. The van der Waals surface area contributed by atoms with Crippen LogP contribution in [0.3, 0.4) is 0 Å². The number of carbonyl (C=O) groups is 3. The zero-order chi connectivity index (χ0) is 23.1. The number of nitrogens with zero attached hydrogens (tertiary/aromatic N) is 1. The Bertz CT molecular complexity index is 913. The summed E-state index contributed by atoms with van der Waals surface area (Å²) in [6.45, 7) is 8.84. The van der Waals surface area contributed by atoms with Gasteiger partial charge in [0, 0.05) is 23.5 Å². The van der Waals surface area contributed by atoms with Crippen molar-refractivity contribution in [3.8, 4) is 11.5 Å². The van der Waals surface area contributed by atoms with E-state index in [2.05, 4.69) is 43.6 Å². The SMILES string of the molecule is CC1(C)CC(NC(=O)CCC2NC(=O)N(Cc3ccc4c(c3)OCO4)C2=O)CC(C)(C)N1. The van der Waals surface area contributed by atoms with E-state index in [0.717, 1.165) is 18.4 Å². The zero-order valence-electron chi connectivity index (χ0n) is 19.1. The van der Waals surface area contributed by atoms with E-state index in [1.54, 1.807) is 18.2 Å². The number of rotatable bonds is 6. The standard InChI is InChI=1S/C23H32N4O5/c1-22(2)10-15(11-23(3,4)26-22)24-19(28)8-6-16-20(29)27(21(30)25-16)12-14-5-7-17-18(9-14)32-13-31-17/h5,7,9,15-16,26H,6,8,10-13H2,1-4H3,(H,24,28)(H,25,30). The molecule has 1 atom stereocenters. The van der Waals surface area contributed by atoms with E-state index >= 15 is 0 Å². The summed E-state index contributed by atoms with van der Waals surface area (Å²) in [5, 5.41) is 9.41. The second-order valence-corrected chi connectivity index (χ2v) is 10.2. The molecule has 174 valence electrons. The van der Waals surface area contributed by atoms with Gasteiger partial charge in [-0.1, -0.05) is 6.07 Å². The van der Waals surface area contributed by atoms with Crippen molar-refractivity contribution in [2.24, 2.45) is 0 Å². The third-order valence-corrected chi connectivity index (χ3v) is 6.10. The summed E-state index contributed by atoms with van der Waals surface area (Å²) in [5.41, 5.74) is 0.640. The first-order valence-corrected chi connectivity index (χ1v) is 11.1. The molecule has 0 aliphatic carbocycles. The Hall–Kier alpha value is -2.81. The third-order valence-electron chi connectivity index (χ3n) is 6.10. The van der Waals surface area contributed by atoms with Crippen LogP contribution in [0.15, 0.2) is 18.2 Å². The van der Waals surface area contributed by atoms with Gasteiger partial charge in [0.15, 0.2) is 11.5 Å². The molecule has 0 radical (unpaired) electrons. The van der Waals surface area contributed by atoms with Gasteiger partial charge in [-0.3, -0.25) is 14.5 Å². The molecule has 3 N–H and O–H groups in total. The molecule has 0 aromatic heterocycles. The van der Waals surface area contributed by atoms with Gasteiger partial charge in [-0.25, -0.2) is 4.79 Å². The lowest BCUT2D eigenvalue weighted by molar-refractivity contribution is -0.128. The average molecular weight is 445 g/mol. The summed E-state index contributed by atoms with van der Waals surface area (Å²) in [7, 11) is 0. The van der Waals surface area contributed by atoms with Crippen molar-refractivity contribution in [1.82, 2.24) is 20.9 Å². The highest BCUT2D eigenvalue weighted by Crippen LogP contribution is 2.33. The maximum atomic E-state index is 12.8. The molecule has 3 aliphatic rings. The van der Waals surface area contributed by atoms with Gasteiger partial charge in [0.25, 0.3) is 5.91 Å². The molecule has 2 fully saturated rings. The number of amides is 4. The van der Waals surface area contributed by atoms with Crippen molar-refractivity contribution in [2.45, 2.75) is 83.1 Å². The van der Waals surface area contributed by atoms with Crippen LogP contribution >= 0.6 is 0 Å². The third kappa shape index (κ3) is 4.98. The molecular formula is C23H32N4O5. The summed E-state index contributed by atoms with van der Waals surface area (Å²) in [5.74, 6) is 0.840. The Labute approximate surface area is 188 Å². The van der Waals surface area contributed by atoms with E-state index < -0.39 is 12.1 Å². The van der Waals surface area contributed by atoms with Gasteiger partial charge in [0.05, 0.1) is 6.54 Å². The molecule has 3 heterocycles. The van der Waals surface area contributed by atoms with Gasteiger partial charge >= 0.3 is 6.03 Å². The van der Waals surface area contributed by atoms with Crippen molar-refractivity contribution in [3.63, 3.8) is 0 Å². The number of imide groups is 1. The Kier molecular flexibility index (Phi) is 5.79. The summed E-state index contributed by atoms with van der Waals surface area (Å²) >= 11 is 0. The van der Waals surface area contributed by atoms with Gasteiger partial charge in [-0.2, -0.15) is 0 Å². The van der Waals surface area contributed by atoms with E-state index in [1.807, 2.05) is 0 Å². The number of hydrogen-bond acceptors (Lipinski definition) is 6. The number of urea groups is 1. The van der Waals surface area contributed by atoms with Gasteiger partial charge in [0.1, 0.15) is 6.04 Å². The van der Waals surface area contributed by atoms with E-state index in [4.69, 9.17) is 9.47 Å². The predicted octanol–water partition coefficient (Wildman–Crippen LogP) is 2.04. The predicted molar refractivity (Wildman–Crippen MR) is 117 cm³/mol. The van der Waals surface area contributed by atoms with Crippen LogP contribution in [0.4, 0.5) is 4.79 Å². The fraction of sp³-hybridized carbons (Fsp3) is 0.609. The minimum absolute atomic E-state index is 0.0652. The summed E-state index contributed by atoms with van der Waals surface area (Å²) in [4.78, 5) is 38.9. The number of piperidine rings is 1. The van der Waals surface area contributed by atoms with Gasteiger partial charge in [-0.15, -0.1) is 0 Å². The highest BCUT2D eigenvalue weighted by Gasteiger charge is 2.40. The van der Waals surface area contributed by atoms with Crippen LogP contribution in [-0.4, -0.2) is 52.7 Å². The van der Waals surface area contributed by atoms with E-state index in [9.17, 15) is 14.4 Å². The van der Waals surface area contributed by atoms with Crippen molar-refractivity contribution in [3.05, 3.63) is 23.8 Å². The Morgan fingerprint density at radius 3 is 2.53 bits per heavy atom. The van der Waals surface area contributed by atoms with Gasteiger partial charge in [0.2, 0.25) is 12.7 Å². The Balaban J connectivity index is 1.29. The number of ether oxygens (including phenoxy) is 2. The van der Waals surface area contributed by atoms with Crippen LogP contribution in [0.25, 0.3) is 0 Å². The lowest BCUT2D eigenvalue weighted by Crippen LogP contribution is -2.62. The molecular weight excluding hydrogens is 412 g/mol. The van der Waals surface area contributed by atoms with Gasteiger partial charge < -0.3 is 25.4 Å². The zero-order valence-corrected chi connectivity index (χ0v) is 19.1. The fourth-order valence-electron chi connectivity index (χ4n) is 5.14. The molecule has 3 aliphatic heterocycles. The Morgan fingerprint density at radius 1 is 1.12 bits per heavy atom. The average Bonchev–Trinajstić information content (AvgIpc) is 3.23. The van der Waals surface area contributed by atoms with Crippen molar-refractivity contribution < 1.29 is 23.9 Å². The van der Waals surface area contributed by atoms with E-state index in [1.165, 1.54) is 4.90 Å². The topological polar surface area (TPSA) is 109 Å². The quantitative estimate of drug-likeness (QED) is 0.580. The maximum Gasteiger partial charge on any atom is 0.325 e. The number of hydrogen-bond donors (Lipinski definition) is 3. The van der Waals surface area contributed by atoms with Crippen molar-refractivity contribution in [2.75, 3.05) is 6.79 Å². The molecule has 0 spiro atoms. The summed E-state index contributed by atoms with van der Waals surface area (Å²) in [6, 6.07) is 4.28. The van der Waals surface area contributed by atoms with E-state index in [-0.39, 0.29) is 55.1 Å². The number of nitrogens with one attached hydrogen (secondary N) is 3. The van der Waals surface area contributed by atoms with Crippen LogP contribution in [0, 0.1) is 0 Å². The highest BCUT2D eigenvalue weighted by molar-refractivity contribution is 6.04. The molecule has 9 heteroatoms. The van der Waals surface area contributed by atoms with Crippen LogP contribution in [-0.2, 0) is 16.1 Å². The first-order valence-electron chi connectivity index (χ1n) is 11.1. The van der Waals surface area contributed by atoms with E-state index in [0.29, 0.717) is 11.5 Å². The van der Waals surface area contributed by atoms with Crippen LogP contribution in [0.2, 0.25) is 0 Å². The fourth-order valence-corrected chi connectivity index (χ4v) is 5.14. The number of benzene rings is 1. The minimum Gasteiger partial charge on any atom is -0.454 e. The first kappa shape index (κ1) is 22.4. The normalized spacial score (nSPS) is 23.9. The number of fused-ring (bicyclic) bond motifs is 1. The lowest BCUT2D eigenvalue weighted by atomic mass is 9.79. The largest absolute Gasteiger partial charge is 0.454 e.